The Morgan fingerprint density at radius 3 is 1.79 bits per heavy atom. The molecule has 2 aliphatic carbocycles. The fourth-order valence-corrected chi connectivity index (χ4v) is 4.16. The molecular weight excluding hydrogens is 308 g/mol. The zero-order valence-electron chi connectivity index (χ0n) is 14.3. The molecule has 0 bridgehead atoms. The summed E-state index contributed by atoms with van der Waals surface area (Å²) in [6.07, 6.45) is 8.66. The van der Waals surface area contributed by atoms with Crippen molar-refractivity contribution in [2.75, 3.05) is 0 Å². The van der Waals surface area contributed by atoms with Gasteiger partial charge in [0.05, 0.1) is 0 Å². The minimum atomic E-state index is -1.74. The monoisotopic (exact) mass is 338 g/mol. The highest BCUT2D eigenvalue weighted by atomic mass is 16.4. The van der Waals surface area contributed by atoms with Crippen molar-refractivity contribution >= 4 is 17.5 Å². The molecule has 1 unspecified atom stereocenters. The Morgan fingerprint density at radius 1 is 0.875 bits per heavy atom. The van der Waals surface area contributed by atoms with Crippen LogP contribution in [-0.2, 0) is 14.4 Å². The largest absolute Gasteiger partial charge is 0.481 e. The summed E-state index contributed by atoms with van der Waals surface area (Å²) in [5.41, 5.74) is 10.3. The number of nitrogens with two attached hydrogens (primary N) is 2. The number of ketones is 2. The second-order valence-corrected chi connectivity index (χ2v) is 7.57. The van der Waals surface area contributed by atoms with E-state index in [1.165, 1.54) is 0 Å². The first-order valence-electron chi connectivity index (χ1n) is 9.21. The zero-order valence-corrected chi connectivity index (χ0v) is 14.3. The molecule has 0 aromatic rings. The summed E-state index contributed by atoms with van der Waals surface area (Å²) in [7, 11) is 0. The van der Waals surface area contributed by atoms with Crippen LogP contribution >= 0.6 is 0 Å². The van der Waals surface area contributed by atoms with E-state index in [-0.39, 0.29) is 29.8 Å². The fraction of sp³-hybridized carbons (Fsp3) is 0.833. The minimum absolute atomic E-state index is 0.201. The third kappa shape index (κ3) is 4.63. The summed E-state index contributed by atoms with van der Waals surface area (Å²) in [6, 6.07) is 0. The van der Waals surface area contributed by atoms with E-state index in [9.17, 15) is 19.5 Å². The Labute approximate surface area is 143 Å². The van der Waals surface area contributed by atoms with Gasteiger partial charge in [-0.25, -0.2) is 0 Å². The molecule has 2 rings (SSSR count). The second-order valence-electron chi connectivity index (χ2n) is 7.57. The lowest BCUT2D eigenvalue weighted by Crippen LogP contribution is -2.61. The lowest BCUT2D eigenvalue weighted by atomic mass is 9.75. The van der Waals surface area contributed by atoms with Crippen molar-refractivity contribution in [2.45, 2.75) is 76.3 Å². The molecule has 5 N–H and O–H groups in total. The number of Topliss-reactive ketones (excluding diaryl/α,β-unsaturated/α-hetero) is 2. The first kappa shape index (κ1) is 19.1. The van der Waals surface area contributed by atoms with E-state index in [2.05, 4.69) is 0 Å². The maximum absolute atomic E-state index is 12.6. The number of carboxylic acids is 1. The first-order valence-corrected chi connectivity index (χ1v) is 9.21. The van der Waals surface area contributed by atoms with Gasteiger partial charge in [-0.15, -0.1) is 0 Å². The molecule has 6 nitrogen and oxygen atoms in total. The summed E-state index contributed by atoms with van der Waals surface area (Å²) in [4.78, 5) is 36.9. The van der Waals surface area contributed by atoms with Gasteiger partial charge in [-0.05, 0) is 25.7 Å². The molecule has 0 aromatic carbocycles. The summed E-state index contributed by atoms with van der Waals surface area (Å²) in [6.45, 7) is 0. The van der Waals surface area contributed by atoms with Crippen LogP contribution < -0.4 is 11.5 Å². The first-order chi connectivity index (χ1) is 11.3. The number of hydrogen-bond acceptors (Lipinski definition) is 5. The Kier molecular flexibility index (Phi) is 6.52. The number of carboxylic acid groups (broad SMARTS) is 1. The lowest BCUT2D eigenvalue weighted by molar-refractivity contribution is -0.149. The maximum atomic E-state index is 12.6. The second kappa shape index (κ2) is 8.21. The minimum Gasteiger partial charge on any atom is -0.481 e. The molecule has 2 aliphatic rings. The van der Waals surface area contributed by atoms with Crippen molar-refractivity contribution in [1.29, 1.82) is 0 Å². The van der Waals surface area contributed by atoms with Gasteiger partial charge in [-0.3, -0.25) is 14.4 Å². The highest BCUT2D eigenvalue weighted by molar-refractivity contribution is 6.01. The highest BCUT2D eigenvalue weighted by Crippen LogP contribution is 2.31. The maximum Gasteiger partial charge on any atom is 0.314 e. The van der Waals surface area contributed by atoms with Crippen LogP contribution in [0.15, 0.2) is 0 Å². The molecule has 1 atom stereocenters. The Bertz CT molecular complexity index is 477. The van der Waals surface area contributed by atoms with Gasteiger partial charge in [0.15, 0.2) is 5.78 Å². The number of hydrogen-bond donors (Lipinski definition) is 3. The van der Waals surface area contributed by atoms with Gasteiger partial charge < -0.3 is 16.6 Å². The number of carbonyl (C=O) groups excluding carboxylic acids is 2. The number of carbonyl (C=O) groups is 3. The van der Waals surface area contributed by atoms with Gasteiger partial charge in [0.25, 0.3) is 0 Å². The van der Waals surface area contributed by atoms with Crippen LogP contribution in [0, 0.1) is 17.8 Å². The van der Waals surface area contributed by atoms with Gasteiger partial charge >= 0.3 is 5.97 Å². The average Bonchev–Trinajstić information content (AvgIpc) is 2.59. The van der Waals surface area contributed by atoms with Crippen molar-refractivity contribution in [3.05, 3.63) is 0 Å². The predicted molar refractivity (Wildman–Crippen MR) is 90.0 cm³/mol. The van der Waals surface area contributed by atoms with Crippen molar-refractivity contribution in [3.63, 3.8) is 0 Å². The van der Waals surface area contributed by atoms with Crippen molar-refractivity contribution < 1.29 is 19.5 Å². The molecule has 0 spiro atoms. The molecule has 2 fully saturated rings. The van der Waals surface area contributed by atoms with Crippen molar-refractivity contribution in [1.82, 2.24) is 0 Å². The van der Waals surface area contributed by atoms with Crippen LogP contribution in [0.25, 0.3) is 0 Å². The molecule has 0 heterocycles. The molecule has 0 radical (unpaired) electrons. The van der Waals surface area contributed by atoms with E-state index in [0.717, 1.165) is 64.2 Å². The third-order valence-electron chi connectivity index (χ3n) is 5.63. The predicted octanol–water partition coefficient (Wildman–Crippen LogP) is 1.99. The van der Waals surface area contributed by atoms with Crippen LogP contribution in [0.4, 0.5) is 0 Å². The Morgan fingerprint density at radius 2 is 1.33 bits per heavy atom. The van der Waals surface area contributed by atoms with Crippen molar-refractivity contribution in [2.24, 2.45) is 29.2 Å². The SMILES string of the molecule is NC(N)(CC(C(=O)O)C(=O)C1CCCCC1)C(=O)C1CCCCC1. The van der Waals surface area contributed by atoms with Gasteiger partial charge in [0, 0.05) is 18.3 Å². The molecule has 24 heavy (non-hydrogen) atoms. The Hall–Kier alpha value is -1.27. The van der Waals surface area contributed by atoms with E-state index in [4.69, 9.17) is 11.5 Å². The van der Waals surface area contributed by atoms with Crippen LogP contribution in [0.1, 0.15) is 70.6 Å². The van der Waals surface area contributed by atoms with Gasteiger partial charge in [0.2, 0.25) is 0 Å². The molecule has 136 valence electrons. The molecule has 6 heteroatoms. The topological polar surface area (TPSA) is 123 Å². The van der Waals surface area contributed by atoms with Crippen LogP contribution in [0.2, 0.25) is 0 Å². The fourth-order valence-electron chi connectivity index (χ4n) is 4.16. The van der Waals surface area contributed by atoms with Gasteiger partial charge in [-0.2, -0.15) is 0 Å². The van der Waals surface area contributed by atoms with E-state index >= 15 is 0 Å². The van der Waals surface area contributed by atoms with E-state index in [1.54, 1.807) is 0 Å². The van der Waals surface area contributed by atoms with E-state index in [1.807, 2.05) is 0 Å². The standard InChI is InChI=1S/C18H30N2O4/c19-18(20,16(22)13-9-5-2-6-10-13)11-14(17(23)24)15(21)12-7-3-1-4-8-12/h12-14H,1-11,19-20H2,(H,23,24). The molecule has 0 amide bonds. The molecule has 2 saturated carbocycles. The zero-order chi connectivity index (χ0) is 17.7. The summed E-state index contributed by atoms with van der Waals surface area (Å²) < 4.78 is 0. The third-order valence-corrected chi connectivity index (χ3v) is 5.63. The Balaban J connectivity index is 2.05. The molecule has 0 aromatic heterocycles. The normalized spacial score (nSPS) is 22.1. The summed E-state index contributed by atoms with van der Waals surface area (Å²) >= 11 is 0. The van der Waals surface area contributed by atoms with Gasteiger partial charge in [-0.1, -0.05) is 38.5 Å². The lowest BCUT2D eigenvalue weighted by Gasteiger charge is -2.32. The highest BCUT2D eigenvalue weighted by Gasteiger charge is 2.43. The smallest absolute Gasteiger partial charge is 0.314 e. The van der Waals surface area contributed by atoms with Gasteiger partial charge in [0.1, 0.15) is 17.4 Å². The summed E-state index contributed by atoms with van der Waals surface area (Å²) in [5.74, 6) is -3.53. The van der Waals surface area contributed by atoms with Crippen molar-refractivity contribution in [3.8, 4) is 0 Å². The van der Waals surface area contributed by atoms with Crippen LogP contribution in [0.3, 0.4) is 0 Å². The van der Waals surface area contributed by atoms with Crippen LogP contribution in [0.5, 0.6) is 0 Å². The quantitative estimate of drug-likeness (QED) is 0.482. The molecule has 0 saturated heterocycles. The van der Waals surface area contributed by atoms with Crippen LogP contribution in [-0.4, -0.2) is 28.3 Å². The molecule has 0 aliphatic heterocycles. The molecular formula is C18H30N2O4. The number of rotatable bonds is 7. The number of aliphatic carboxylic acids is 1. The average molecular weight is 338 g/mol. The van der Waals surface area contributed by atoms with E-state index in [0.29, 0.717) is 0 Å². The summed E-state index contributed by atoms with van der Waals surface area (Å²) in [5, 5.41) is 9.49. The van der Waals surface area contributed by atoms with E-state index < -0.39 is 17.6 Å².